The van der Waals surface area contributed by atoms with Gasteiger partial charge in [0.05, 0.1) is 17.3 Å². The van der Waals surface area contributed by atoms with E-state index in [1.165, 1.54) is 4.68 Å². The van der Waals surface area contributed by atoms with Crippen molar-refractivity contribution in [3.8, 4) is 5.69 Å². The first-order valence-electron chi connectivity index (χ1n) is 10.3. The van der Waals surface area contributed by atoms with Gasteiger partial charge in [0.15, 0.2) is 0 Å². The van der Waals surface area contributed by atoms with Gasteiger partial charge in [-0.2, -0.15) is 9.78 Å². The molecule has 31 heavy (non-hydrogen) atoms. The van der Waals surface area contributed by atoms with Crippen LogP contribution in [0.2, 0.25) is 0 Å². The van der Waals surface area contributed by atoms with E-state index in [4.69, 9.17) is 0 Å². The Hall–Kier alpha value is -3.67. The quantitative estimate of drug-likeness (QED) is 0.530. The lowest BCUT2D eigenvalue weighted by molar-refractivity contribution is -0.118. The minimum absolute atomic E-state index is 0.130. The summed E-state index contributed by atoms with van der Waals surface area (Å²) < 4.78 is 3.32. The van der Waals surface area contributed by atoms with Gasteiger partial charge in [-0.15, -0.1) is 0 Å². The Kier molecular flexibility index (Phi) is 5.23. The molecule has 1 N–H and O–H groups in total. The first kappa shape index (κ1) is 20.6. The summed E-state index contributed by atoms with van der Waals surface area (Å²) in [6, 6.07) is 14.8. The molecule has 2 aromatic carbocycles. The molecule has 0 spiro atoms. The number of hydrogen-bond acceptors (Lipinski definition) is 3. The predicted octanol–water partition coefficient (Wildman–Crippen LogP) is 4.62. The minimum atomic E-state index is -0.488. The van der Waals surface area contributed by atoms with Crippen molar-refractivity contribution >= 4 is 22.4 Å². The molecule has 1 atom stereocenters. The van der Waals surface area contributed by atoms with E-state index in [9.17, 15) is 9.59 Å². The fourth-order valence-corrected chi connectivity index (χ4v) is 4.22. The Balaban J connectivity index is 1.76. The van der Waals surface area contributed by atoms with Crippen molar-refractivity contribution in [3.63, 3.8) is 0 Å². The molecule has 158 valence electrons. The first-order valence-corrected chi connectivity index (χ1v) is 10.3. The molecule has 0 saturated heterocycles. The zero-order valence-electron chi connectivity index (χ0n) is 18.4. The number of rotatable bonds is 4. The highest BCUT2D eigenvalue weighted by molar-refractivity contribution is 5.95. The van der Waals surface area contributed by atoms with E-state index < -0.39 is 6.04 Å². The third-order valence-electron chi connectivity index (χ3n) is 5.86. The molecule has 2 aromatic heterocycles. The van der Waals surface area contributed by atoms with Crippen molar-refractivity contribution in [1.82, 2.24) is 14.3 Å². The van der Waals surface area contributed by atoms with Crippen LogP contribution >= 0.6 is 0 Å². The van der Waals surface area contributed by atoms with Crippen molar-refractivity contribution in [2.24, 2.45) is 0 Å². The number of carbonyl (C=O) groups is 1. The number of nitrogens with zero attached hydrogens (tertiary/aromatic N) is 3. The van der Waals surface area contributed by atoms with Gasteiger partial charge in [0, 0.05) is 22.5 Å². The maximum absolute atomic E-state index is 13.3. The number of amides is 1. The summed E-state index contributed by atoms with van der Waals surface area (Å²) in [5, 5.41) is 8.75. The Bertz CT molecular complexity index is 1350. The van der Waals surface area contributed by atoms with Crippen LogP contribution in [-0.2, 0) is 4.79 Å². The largest absolute Gasteiger partial charge is 0.336 e. The molecule has 0 saturated carbocycles. The van der Waals surface area contributed by atoms with Crippen LogP contribution in [0.4, 0.5) is 5.69 Å². The van der Waals surface area contributed by atoms with Crippen LogP contribution in [0.1, 0.15) is 35.5 Å². The van der Waals surface area contributed by atoms with E-state index >= 15 is 0 Å². The molecule has 1 amide bonds. The summed E-state index contributed by atoms with van der Waals surface area (Å²) >= 11 is 0. The van der Waals surface area contributed by atoms with Gasteiger partial charge < -0.3 is 9.88 Å². The average molecular weight is 415 g/mol. The van der Waals surface area contributed by atoms with Crippen molar-refractivity contribution in [1.29, 1.82) is 0 Å². The second-order valence-electron chi connectivity index (χ2n) is 8.01. The van der Waals surface area contributed by atoms with E-state index in [1.54, 1.807) is 6.20 Å². The number of benzene rings is 2. The van der Waals surface area contributed by atoms with Gasteiger partial charge >= 0.3 is 0 Å². The Labute approximate surface area is 181 Å². The molecule has 0 aliphatic rings. The number of aryl methyl sites for hydroxylation is 4. The molecule has 6 nitrogen and oxygen atoms in total. The van der Waals surface area contributed by atoms with Gasteiger partial charge in [-0.05, 0) is 58.4 Å². The lowest BCUT2D eigenvalue weighted by atomic mass is 10.1. The highest BCUT2D eigenvalue weighted by atomic mass is 16.2. The summed E-state index contributed by atoms with van der Waals surface area (Å²) in [5.41, 5.74) is 5.08. The number of para-hydroxylation sites is 1. The van der Waals surface area contributed by atoms with Gasteiger partial charge in [-0.1, -0.05) is 35.9 Å². The summed E-state index contributed by atoms with van der Waals surface area (Å²) in [6.45, 7) is 9.65. The smallest absolute Gasteiger partial charge is 0.281 e. The Morgan fingerprint density at radius 1 is 1.00 bits per heavy atom. The number of aromatic nitrogens is 3. The summed E-state index contributed by atoms with van der Waals surface area (Å²) in [7, 11) is 0. The maximum Gasteiger partial charge on any atom is 0.281 e. The maximum atomic E-state index is 13.3. The third kappa shape index (κ3) is 3.54. The molecule has 4 aromatic rings. The van der Waals surface area contributed by atoms with Crippen LogP contribution in [-0.4, -0.2) is 20.3 Å². The van der Waals surface area contributed by atoms with Gasteiger partial charge in [-0.3, -0.25) is 9.59 Å². The number of hydrogen-bond donors (Lipinski definition) is 1. The Morgan fingerprint density at radius 2 is 1.71 bits per heavy atom. The van der Waals surface area contributed by atoms with Gasteiger partial charge in [-0.25, -0.2) is 0 Å². The molecule has 0 aliphatic heterocycles. The molecular weight excluding hydrogens is 388 g/mol. The number of carbonyl (C=O) groups excluding carboxylic acids is 1. The standard InChI is InChI=1S/C25H26N4O2/c1-15-11-12-22(16(2)13-15)27-24(30)19(5)28-17(3)21-14-26-29(20-9-7-6-8-10-20)25(31)23(21)18(28)4/h6-14,19H,1-5H3,(H,27,30)/t19-/m1/s1. The molecular formula is C25H26N4O2. The van der Waals surface area contributed by atoms with Crippen molar-refractivity contribution < 1.29 is 4.79 Å². The van der Waals surface area contributed by atoms with Crippen LogP contribution in [0.15, 0.2) is 59.5 Å². The molecule has 6 heteroatoms. The van der Waals surface area contributed by atoms with E-state index in [-0.39, 0.29) is 11.5 Å². The predicted molar refractivity (Wildman–Crippen MR) is 124 cm³/mol. The number of fused-ring (bicyclic) bond motifs is 1. The van der Waals surface area contributed by atoms with Crippen LogP contribution in [0.5, 0.6) is 0 Å². The Morgan fingerprint density at radius 3 is 2.39 bits per heavy atom. The lowest BCUT2D eigenvalue weighted by Crippen LogP contribution is -2.25. The summed E-state index contributed by atoms with van der Waals surface area (Å²) in [6.07, 6.45) is 1.71. The van der Waals surface area contributed by atoms with Crippen LogP contribution in [0.3, 0.4) is 0 Å². The molecule has 0 fully saturated rings. The van der Waals surface area contributed by atoms with Crippen LogP contribution in [0.25, 0.3) is 16.5 Å². The highest BCUT2D eigenvalue weighted by Gasteiger charge is 2.24. The topological polar surface area (TPSA) is 68.9 Å². The molecule has 4 rings (SSSR count). The second-order valence-corrected chi connectivity index (χ2v) is 8.01. The zero-order valence-corrected chi connectivity index (χ0v) is 18.4. The van der Waals surface area contributed by atoms with E-state index in [0.717, 1.165) is 33.6 Å². The fourth-order valence-electron chi connectivity index (χ4n) is 4.22. The molecule has 0 bridgehead atoms. The molecule has 2 heterocycles. The molecule has 0 radical (unpaired) electrons. The summed E-state index contributed by atoms with van der Waals surface area (Å²) in [4.78, 5) is 26.3. The van der Waals surface area contributed by atoms with Crippen LogP contribution < -0.4 is 10.9 Å². The average Bonchev–Trinajstić information content (AvgIpc) is 3.01. The van der Waals surface area contributed by atoms with Crippen LogP contribution in [0, 0.1) is 27.7 Å². The van der Waals surface area contributed by atoms with Gasteiger partial charge in [0.25, 0.3) is 5.56 Å². The van der Waals surface area contributed by atoms with E-state index in [0.29, 0.717) is 11.1 Å². The SMILES string of the molecule is Cc1ccc(NC(=O)[C@@H](C)n2c(C)c3cnn(-c4ccccc4)c(=O)c3c2C)c(C)c1. The fraction of sp³-hybridized carbons (Fsp3) is 0.240. The summed E-state index contributed by atoms with van der Waals surface area (Å²) in [5.74, 6) is -0.130. The van der Waals surface area contributed by atoms with Gasteiger partial charge in [0.2, 0.25) is 5.91 Å². The third-order valence-corrected chi connectivity index (χ3v) is 5.86. The monoisotopic (exact) mass is 414 g/mol. The van der Waals surface area contributed by atoms with Crippen molar-refractivity contribution in [2.45, 2.75) is 40.7 Å². The first-order chi connectivity index (χ1) is 14.8. The van der Waals surface area contributed by atoms with Crippen molar-refractivity contribution in [2.75, 3.05) is 5.32 Å². The van der Waals surface area contributed by atoms with E-state index in [1.807, 2.05) is 87.7 Å². The lowest BCUT2D eigenvalue weighted by Gasteiger charge is -2.19. The van der Waals surface area contributed by atoms with Gasteiger partial charge in [0.1, 0.15) is 6.04 Å². The minimum Gasteiger partial charge on any atom is -0.336 e. The van der Waals surface area contributed by atoms with E-state index in [2.05, 4.69) is 10.4 Å². The second kappa shape index (κ2) is 7.87. The normalized spacial score (nSPS) is 12.2. The highest BCUT2D eigenvalue weighted by Crippen LogP contribution is 2.27. The zero-order chi connectivity index (χ0) is 22.3. The number of anilines is 1. The van der Waals surface area contributed by atoms with Crippen molar-refractivity contribution in [3.05, 3.63) is 87.6 Å². The molecule has 0 unspecified atom stereocenters. The molecule has 0 aliphatic carbocycles. The number of nitrogens with one attached hydrogen (secondary N) is 1.